The van der Waals surface area contributed by atoms with Gasteiger partial charge >= 0.3 is 0 Å². The molecule has 3 rings (SSSR count). The molecule has 25 heavy (non-hydrogen) atoms. The van der Waals surface area contributed by atoms with Gasteiger partial charge in [0, 0.05) is 22.5 Å². The summed E-state index contributed by atoms with van der Waals surface area (Å²) < 4.78 is 5.66. The lowest BCUT2D eigenvalue weighted by molar-refractivity contribution is 0.0991. The van der Waals surface area contributed by atoms with E-state index in [1.165, 1.54) is 18.7 Å². The molecule has 0 saturated carbocycles. The number of ether oxygens (including phenoxy) is 1. The van der Waals surface area contributed by atoms with E-state index in [1.54, 1.807) is 24.4 Å². The number of hydrogen-bond acceptors (Lipinski definition) is 5. The zero-order valence-electron chi connectivity index (χ0n) is 13.9. The van der Waals surface area contributed by atoms with Crippen LogP contribution in [0.4, 0.5) is 0 Å². The van der Waals surface area contributed by atoms with Gasteiger partial charge in [-0.15, -0.1) is 0 Å². The standard InChI is InChI=1S/C19H16ClN3O2/c1-12-3-16(23-8-13(12)2)7-19(24)14-4-15(20)6-17(5-14)25-18-9-21-11-22-10-18/h3-6,8-11H,7H2,1-2H3. The SMILES string of the molecule is Cc1cnc(CC(=O)c2cc(Cl)cc(Oc3cncnc3)c2)cc1C. The Morgan fingerprint density at radius 2 is 1.76 bits per heavy atom. The molecule has 0 amide bonds. The summed E-state index contributed by atoms with van der Waals surface area (Å²) in [6, 6.07) is 6.84. The van der Waals surface area contributed by atoms with Crippen LogP contribution in [0.1, 0.15) is 27.2 Å². The fourth-order valence-electron chi connectivity index (χ4n) is 2.30. The van der Waals surface area contributed by atoms with Crippen LogP contribution in [0.3, 0.4) is 0 Å². The normalized spacial score (nSPS) is 10.5. The second-order valence-corrected chi connectivity index (χ2v) is 6.15. The lowest BCUT2D eigenvalue weighted by atomic mass is 10.0. The van der Waals surface area contributed by atoms with Gasteiger partial charge in [-0.2, -0.15) is 0 Å². The summed E-state index contributed by atoms with van der Waals surface area (Å²) in [6.07, 6.45) is 6.47. The van der Waals surface area contributed by atoms with Crippen molar-refractivity contribution in [1.82, 2.24) is 15.0 Å². The van der Waals surface area contributed by atoms with Crippen molar-refractivity contribution in [3.63, 3.8) is 0 Å². The van der Waals surface area contributed by atoms with Gasteiger partial charge in [0.15, 0.2) is 11.5 Å². The molecule has 0 spiro atoms. The quantitative estimate of drug-likeness (QED) is 0.637. The molecule has 5 nitrogen and oxygen atoms in total. The first kappa shape index (κ1) is 17.0. The van der Waals surface area contributed by atoms with Crippen LogP contribution < -0.4 is 4.74 Å². The van der Waals surface area contributed by atoms with Gasteiger partial charge in [-0.1, -0.05) is 11.6 Å². The number of carbonyl (C=O) groups excluding carboxylic acids is 1. The molecule has 2 heterocycles. The van der Waals surface area contributed by atoms with Gasteiger partial charge in [-0.05, 0) is 49.2 Å². The van der Waals surface area contributed by atoms with E-state index < -0.39 is 0 Å². The Kier molecular flexibility index (Phi) is 5.05. The predicted molar refractivity (Wildman–Crippen MR) is 95.3 cm³/mol. The van der Waals surface area contributed by atoms with Gasteiger partial charge in [0.25, 0.3) is 0 Å². The number of aromatic nitrogens is 3. The molecule has 0 N–H and O–H groups in total. The van der Waals surface area contributed by atoms with E-state index in [9.17, 15) is 4.79 Å². The Labute approximate surface area is 150 Å². The van der Waals surface area contributed by atoms with Crippen LogP contribution in [0.15, 0.2) is 49.2 Å². The fourth-order valence-corrected chi connectivity index (χ4v) is 2.53. The van der Waals surface area contributed by atoms with Gasteiger partial charge < -0.3 is 4.74 Å². The predicted octanol–water partition coefficient (Wildman–Crippen LogP) is 4.36. The molecule has 0 saturated heterocycles. The maximum Gasteiger partial charge on any atom is 0.169 e. The molecule has 0 aliphatic carbocycles. The molecule has 6 heteroatoms. The summed E-state index contributed by atoms with van der Waals surface area (Å²) >= 11 is 6.13. The van der Waals surface area contributed by atoms with Crippen LogP contribution >= 0.6 is 11.6 Å². The number of aryl methyl sites for hydroxylation is 2. The van der Waals surface area contributed by atoms with Gasteiger partial charge in [0.2, 0.25) is 0 Å². The van der Waals surface area contributed by atoms with E-state index in [4.69, 9.17) is 16.3 Å². The largest absolute Gasteiger partial charge is 0.454 e. The van der Waals surface area contributed by atoms with E-state index >= 15 is 0 Å². The van der Waals surface area contributed by atoms with Crippen molar-refractivity contribution in [2.45, 2.75) is 20.3 Å². The highest BCUT2D eigenvalue weighted by Crippen LogP contribution is 2.26. The van der Waals surface area contributed by atoms with E-state index in [-0.39, 0.29) is 12.2 Å². The van der Waals surface area contributed by atoms with E-state index in [0.717, 1.165) is 16.8 Å². The average molecular weight is 354 g/mol. The summed E-state index contributed by atoms with van der Waals surface area (Å²) in [6.45, 7) is 3.99. The number of Topliss-reactive ketones (excluding diaryl/α,β-unsaturated/α-hetero) is 1. The Hall–Kier alpha value is -2.79. The van der Waals surface area contributed by atoms with Crippen LogP contribution in [0.2, 0.25) is 5.02 Å². The molecule has 0 fully saturated rings. The third-order valence-electron chi connectivity index (χ3n) is 3.74. The molecule has 0 bridgehead atoms. The highest BCUT2D eigenvalue weighted by molar-refractivity contribution is 6.31. The van der Waals surface area contributed by atoms with E-state index in [0.29, 0.717) is 22.1 Å². The fraction of sp³-hybridized carbons (Fsp3) is 0.158. The lowest BCUT2D eigenvalue weighted by Gasteiger charge is -2.08. The molecular formula is C19H16ClN3O2. The topological polar surface area (TPSA) is 65.0 Å². The van der Waals surface area contributed by atoms with E-state index in [2.05, 4.69) is 15.0 Å². The first-order valence-electron chi connectivity index (χ1n) is 7.70. The van der Waals surface area contributed by atoms with Crippen LogP contribution in [0.25, 0.3) is 0 Å². The molecule has 2 aromatic heterocycles. The number of rotatable bonds is 5. The highest BCUT2D eigenvalue weighted by atomic mass is 35.5. The van der Waals surface area contributed by atoms with Crippen LogP contribution in [-0.4, -0.2) is 20.7 Å². The van der Waals surface area contributed by atoms with Crippen molar-refractivity contribution >= 4 is 17.4 Å². The number of carbonyl (C=O) groups is 1. The number of halogens is 1. The van der Waals surface area contributed by atoms with Crippen LogP contribution in [-0.2, 0) is 6.42 Å². The second kappa shape index (κ2) is 7.40. The molecule has 0 atom stereocenters. The minimum Gasteiger partial charge on any atom is -0.454 e. The molecule has 1 aromatic carbocycles. The third kappa shape index (κ3) is 4.39. The van der Waals surface area contributed by atoms with Crippen molar-refractivity contribution in [1.29, 1.82) is 0 Å². The molecule has 126 valence electrons. The third-order valence-corrected chi connectivity index (χ3v) is 3.95. The average Bonchev–Trinajstić information content (AvgIpc) is 2.58. The first-order valence-corrected chi connectivity index (χ1v) is 8.08. The van der Waals surface area contributed by atoms with Crippen molar-refractivity contribution in [2.75, 3.05) is 0 Å². The van der Waals surface area contributed by atoms with Crippen molar-refractivity contribution in [3.8, 4) is 11.5 Å². The van der Waals surface area contributed by atoms with Gasteiger partial charge in [0.1, 0.15) is 12.1 Å². The molecular weight excluding hydrogens is 338 g/mol. The smallest absolute Gasteiger partial charge is 0.169 e. The number of benzene rings is 1. The van der Waals surface area contributed by atoms with Gasteiger partial charge in [-0.25, -0.2) is 9.97 Å². The summed E-state index contributed by atoms with van der Waals surface area (Å²) in [5.74, 6) is 0.852. The number of pyridine rings is 1. The molecule has 0 unspecified atom stereocenters. The molecule has 0 aliphatic rings. The minimum absolute atomic E-state index is 0.0765. The first-order chi connectivity index (χ1) is 12.0. The van der Waals surface area contributed by atoms with Crippen molar-refractivity contribution in [2.24, 2.45) is 0 Å². The van der Waals surface area contributed by atoms with Crippen molar-refractivity contribution in [3.05, 3.63) is 76.6 Å². The molecule has 3 aromatic rings. The van der Waals surface area contributed by atoms with Crippen LogP contribution in [0.5, 0.6) is 11.5 Å². The van der Waals surface area contributed by atoms with Gasteiger partial charge in [0.05, 0.1) is 18.8 Å². The summed E-state index contributed by atoms with van der Waals surface area (Å²) in [5, 5.41) is 0.422. The number of hydrogen-bond donors (Lipinski definition) is 0. The molecule has 0 radical (unpaired) electrons. The summed E-state index contributed by atoms with van der Waals surface area (Å²) in [4.78, 5) is 24.7. The minimum atomic E-state index is -0.0765. The summed E-state index contributed by atoms with van der Waals surface area (Å²) in [7, 11) is 0. The zero-order valence-corrected chi connectivity index (χ0v) is 14.6. The molecule has 0 aliphatic heterocycles. The number of nitrogens with zero attached hydrogens (tertiary/aromatic N) is 3. The Morgan fingerprint density at radius 3 is 2.48 bits per heavy atom. The maximum absolute atomic E-state index is 12.6. The Bertz CT molecular complexity index is 914. The van der Waals surface area contributed by atoms with Gasteiger partial charge in [-0.3, -0.25) is 9.78 Å². The lowest BCUT2D eigenvalue weighted by Crippen LogP contribution is -2.06. The van der Waals surface area contributed by atoms with Crippen molar-refractivity contribution < 1.29 is 9.53 Å². The number of ketones is 1. The Morgan fingerprint density at radius 1 is 1.00 bits per heavy atom. The zero-order chi connectivity index (χ0) is 17.8. The van der Waals surface area contributed by atoms with E-state index in [1.807, 2.05) is 19.9 Å². The van der Waals surface area contributed by atoms with Crippen LogP contribution in [0, 0.1) is 13.8 Å². The second-order valence-electron chi connectivity index (χ2n) is 5.71. The monoisotopic (exact) mass is 353 g/mol. The Balaban J connectivity index is 1.81. The summed E-state index contributed by atoms with van der Waals surface area (Å²) in [5.41, 5.74) is 3.41. The maximum atomic E-state index is 12.6. The highest BCUT2D eigenvalue weighted by Gasteiger charge is 2.12.